The van der Waals surface area contributed by atoms with Crippen LogP contribution in [0, 0.1) is 11.6 Å². The van der Waals surface area contributed by atoms with E-state index in [0.717, 1.165) is 40.0 Å². The van der Waals surface area contributed by atoms with Crippen LogP contribution in [0.25, 0.3) is 11.0 Å². The van der Waals surface area contributed by atoms with Crippen LogP contribution in [-0.4, -0.2) is 30.3 Å². The molecule has 5 rings (SSSR count). The van der Waals surface area contributed by atoms with Gasteiger partial charge < -0.3 is 4.98 Å². The first-order valence-corrected chi connectivity index (χ1v) is 11.3. The van der Waals surface area contributed by atoms with E-state index in [-0.39, 0.29) is 24.3 Å². The van der Waals surface area contributed by atoms with Crippen LogP contribution in [0.1, 0.15) is 39.2 Å². The molecule has 7 nitrogen and oxygen atoms in total. The largest absolute Gasteiger partial charge is 0.346 e. The lowest BCUT2D eigenvalue weighted by Gasteiger charge is -2.08. The van der Waals surface area contributed by atoms with E-state index in [0.29, 0.717) is 18.4 Å². The number of nitrogens with zero attached hydrogens (tertiary/aromatic N) is 4. The number of nitrogens with one attached hydrogen (secondary N) is 1. The molecule has 0 saturated heterocycles. The highest BCUT2D eigenvalue weighted by atomic mass is 19.2. The van der Waals surface area contributed by atoms with Crippen molar-refractivity contribution >= 4 is 16.8 Å². The van der Waals surface area contributed by atoms with Crippen LogP contribution >= 0.6 is 0 Å². The molecule has 0 aliphatic carbocycles. The Morgan fingerprint density at radius 3 is 2.53 bits per heavy atom. The predicted octanol–water partition coefficient (Wildman–Crippen LogP) is 4.25. The molecule has 3 heterocycles. The van der Waals surface area contributed by atoms with Crippen molar-refractivity contribution in [2.45, 2.75) is 25.8 Å². The molecule has 0 bridgehead atoms. The molecule has 9 heteroatoms. The van der Waals surface area contributed by atoms with E-state index >= 15 is 0 Å². The summed E-state index contributed by atoms with van der Waals surface area (Å²) in [6.45, 7) is -0.0208. The van der Waals surface area contributed by atoms with Crippen LogP contribution in [-0.2, 0) is 19.4 Å². The summed E-state index contributed by atoms with van der Waals surface area (Å²) in [5.41, 5.74) is 3.62. The number of hydrogen-bond acceptors (Lipinski definition) is 5. The number of carbonyl (C=O) groups is 1. The Bertz CT molecular complexity index is 1610. The molecule has 0 spiro atoms. The molecule has 0 radical (unpaired) electrons. The van der Waals surface area contributed by atoms with Crippen LogP contribution in [0.4, 0.5) is 8.78 Å². The summed E-state index contributed by atoms with van der Waals surface area (Å²) in [6, 6.07) is 13.3. The highest BCUT2D eigenvalue weighted by Crippen LogP contribution is 2.18. The molecule has 0 saturated carbocycles. The minimum atomic E-state index is -0.999. The average Bonchev–Trinajstić information content (AvgIpc) is 3.37. The van der Waals surface area contributed by atoms with Gasteiger partial charge in [0.25, 0.3) is 5.56 Å². The maximum Gasteiger partial charge on any atom is 0.264 e. The summed E-state index contributed by atoms with van der Waals surface area (Å²) in [5.74, 6) is -2.29. The molecule has 0 fully saturated rings. The topological polar surface area (TPSA) is 93.5 Å². The Labute approximate surface area is 204 Å². The molecule has 0 aliphatic heterocycles. The van der Waals surface area contributed by atoms with Crippen molar-refractivity contribution in [2.24, 2.45) is 0 Å². The Morgan fingerprint density at radius 1 is 0.944 bits per heavy atom. The molecule has 5 aromatic rings. The third-order valence-electron chi connectivity index (χ3n) is 6.01. The number of fused-ring (bicyclic) bond motifs is 1. The van der Waals surface area contributed by atoms with Crippen molar-refractivity contribution in [1.29, 1.82) is 0 Å². The van der Waals surface area contributed by atoms with Crippen molar-refractivity contribution in [3.05, 3.63) is 124 Å². The van der Waals surface area contributed by atoms with Gasteiger partial charge in [0.05, 0.1) is 18.6 Å². The van der Waals surface area contributed by atoms with E-state index in [4.69, 9.17) is 0 Å². The molecule has 180 valence electrons. The maximum absolute atomic E-state index is 13.5. The fraction of sp³-hybridized carbons (Fsp3) is 0.148. The number of benzene rings is 2. The lowest BCUT2D eigenvalue weighted by Crippen LogP contribution is -2.27. The number of aromatic amines is 1. The molecular formula is C27H21F2N5O2. The first kappa shape index (κ1) is 23.2. The molecule has 3 aromatic heterocycles. The van der Waals surface area contributed by atoms with Gasteiger partial charge in [-0.1, -0.05) is 30.3 Å². The minimum absolute atomic E-state index is 0.0208. The molecule has 0 amide bonds. The molecule has 0 aliphatic rings. The van der Waals surface area contributed by atoms with Crippen molar-refractivity contribution in [3.63, 3.8) is 0 Å². The van der Waals surface area contributed by atoms with Gasteiger partial charge >= 0.3 is 0 Å². The number of hydrogen-bond donors (Lipinski definition) is 1. The number of H-pyrrole nitrogens is 1. The number of ketones is 1. The number of aromatic nitrogens is 5. The summed E-state index contributed by atoms with van der Waals surface area (Å²) in [6.07, 6.45) is 7.16. The van der Waals surface area contributed by atoms with Gasteiger partial charge in [0.1, 0.15) is 17.5 Å². The molecule has 0 atom stereocenters. The zero-order valence-corrected chi connectivity index (χ0v) is 19.1. The number of carbonyl (C=O) groups excluding carboxylic acids is 1. The third kappa shape index (κ3) is 4.95. The Kier molecular flexibility index (Phi) is 6.44. The summed E-state index contributed by atoms with van der Waals surface area (Å²) in [4.78, 5) is 41.2. The fourth-order valence-electron chi connectivity index (χ4n) is 4.07. The van der Waals surface area contributed by atoms with Gasteiger partial charge in [-0.25, -0.2) is 23.7 Å². The van der Waals surface area contributed by atoms with Crippen molar-refractivity contribution < 1.29 is 13.6 Å². The summed E-state index contributed by atoms with van der Waals surface area (Å²) in [5, 5.41) is 0.985. The summed E-state index contributed by atoms with van der Waals surface area (Å²) in [7, 11) is 0. The molecule has 36 heavy (non-hydrogen) atoms. The van der Waals surface area contributed by atoms with Gasteiger partial charge in [-0.15, -0.1) is 0 Å². The van der Waals surface area contributed by atoms with Gasteiger partial charge in [0.2, 0.25) is 0 Å². The van der Waals surface area contributed by atoms with E-state index in [1.807, 2.05) is 36.5 Å². The summed E-state index contributed by atoms with van der Waals surface area (Å²) >= 11 is 0. The first-order valence-electron chi connectivity index (χ1n) is 11.3. The van der Waals surface area contributed by atoms with Crippen LogP contribution in [0.2, 0.25) is 0 Å². The smallest absolute Gasteiger partial charge is 0.264 e. The standard InChI is InChI=1S/C27H21F2N5O2/c28-22-7-5-19(11-23(22)29)14-34-16-30-13-21(27(34)36)25(35)8-6-17-1-3-18(4-2-17)12-24-20-9-10-31-26(20)33-15-32-24/h1-5,7,9-11,13,15-16H,6,8,12,14H2,(H,31,32,33). The molecule has 0 unspecified atom stereocenters. The number of rotatable bonds is 8. The second-order valence-electron chi connectivity index (χ2n) is 8.47. The van der Waals surface area contributed by atoms with Crippen LogP contribution in [0.15, 0.2) is 78.4 Å². The summed E-state index contributed by atoms with van der Waals surface area (Å²) < 4.78 is 27.9. The zero-order chi connectivity index (χ0) is 25.1. The second-order valence-corrected chi connectivity index (χ2v) is 8.47. The highest BCUT2D eigenvalue weighted by molar-refractivity contribution is 5.95. The predicted molar refractivity (Wildman–Crippen MR) is 130 cm³/mol. The van der Waals surface area contributed by atoms with Crippen LogP contribution in [0.3, 0.4) is 0 Å². The third-order valence-corrected chi connectivity index (χ3v) is 6.01. The normalized spacial score (nSPS) is 11.2. The van der Waals surface area contributed by atoms with Crippen LogP contribution < -0.4 is 5.56 Å². The fourth-order valence-corrected chi connectivity index (χ4v) is 4.07. The van der Waals surface area contributed by atoms with Crippen molar-refractivity contribution in [3.8, 4) is 0 Å². The van der Waals surface area contributed by atoms with Gasteiger partial charge in [0.15, 0.2) is 17.4 Å². The quantitative estimate of drug-likeness (QED) is 0.332. The second kappa shape index (κ2) is 9.99. The number of halogens is 2. The van der Waals surface area contributed by atoms with Gasteiger partial charge in [-0.05, 0) is 41.3 Å². The Morgan fingerprint density at radius 2 is 1.72 bits per heavy atom. The number of Topliss-reactive ketones (excluding diaryl/α,β-unsaturated/α-hetero) is 1. The highest BCUT2D eigenvalue weighted by Gasteiger charge is 2.14. The van der Waals surface area contributed by atoms with E-state index in [9.17, 15) is 18.4 Å². The maximum atomic E-state index is 13.5. The van der Waals surface area contributed by atoms with E-state index in [2.05, 4.69) is 19.9 Å². The molecule has 2 aromatic carbocycles. The minimum Gasteiger partial charge on any atom is -0.346 e. The average molecular weight is 485 g/mol. The first-order chi connectivity index (χ1) is 17.5. The van der Waals surface area contributed by atoms with Crippen molar-refractivity contribution in [1.82, 2.24) is 24.5 Å². The Balaban J connectivity index is 1.23. The zero-order valence-electron chi connectivity index (χ0n) is 19.1. The van der Waals surface area contributed by atoms with Crippen molar-refractivity contribution in [2.75, 3.05) is 0 Å². The van der Waals surface area contributed by atoms with Gasteiger partial charge in [-0.3, -0.25) is 14.2 Å². The van der Waals surface area contributed by atoms with E-state index < -0.39 is 17.2 Å². The lowest BCUT2D eigenvalue weighted by atomic mass is 10.0. The number of aryl methyl sites for hydroxylation is 1. The van der Waals surface area contributed by atoms with Crippen LogP contribution in [0.5, 0.6) is 0 Å². The van der Waals surface area contributed by atoms with E-state index in [1.165, 1.54) is 23.2 Å². The monoisotopic (exact) mass is 485 g/mol. The SMILES string of the molecule is O=C(CCc1ccc(Cc2ncnc3[nH]ccc23)cc1)c1cncn(Cc2ccc(F)c(F)c2)c1=O. The van der Waals surface area contributed by atoms with Gasteiger partial charge in [0, 0.05) is 30.6 Å². The van der Waals surface area contributed by atoms with E-state index in [1.54, 1.807) is 6.33 Å². The lowest BCUT2D eigenvalue weighted by molar-refractivity contribution is 0.0980. The Hall–Kier alpha value is -4.53. The molecule has 1 N–H and O–H groups in total. The van der Waals surface area contributed by atoms with Gasteiger partial charge in [-0.2, -0.15) is 0 Å². The molecular weight excluding hydrogens is 464 g/mol.